The monoisotopic (exact) mass is 621 g/mol. The molecule has 0 aromatic carbocycles. The molecule has 9 heteroatoms. The molecule has 15 atom stereocenters. The number of amides is 1. The van der Waals surface area contributed by atoms with E-state index in [0.717, 1.165) is 57.8 Å². The first-order valence-electron chi connectivity index (χ1n) is 17.6. The average Bonchev–Trinajstić information content (AvgIpc) is 3.33. The molecule has 252 valence electrons. The van der Waals surface area contributed by atoms with Gasteiger partial charge in [0.25, 0.3) is 0 Å². The lowest BCUT2D eigenvalue weighted by Crippen LogP contribution is -2.63. The maximum Gasteiger partial charge on any atom is 0.305 e. The summed E-state index contributed by atoms with van der Waals surface area (Å²) in [7, 11) is 0. The molecule has 4 aliphatic carbocycles. The Bertz CT molecular complexity index is 1020. The maximum absolute atomic E-state index is 12.8. The summed E-state index contributed by atoms with van der Waals surface area (Å²) in [6.45, 7) is 10.6. The Morgan fingerprint density at radius 2 is 1.66 bits per heavy atom. The van der Waals surface area contributed by atoms with Crippen molar-refractivity contribution in [1.82, 2.24) is 5.32 Å². The Kier molecular flexibility index (Phi) is 10.4. The Labute approximate surface area is 263 Å². The van der Waals surface area contributed by atoms with Gasteiger partial charge in [0.05, 0.1) is 24.4 Å². The van der Waals surface area contributed by atoms with Crippen molar-refractivity contribution in [3.8, 4) is 0 Å². The lowest BCUT2D eigenvalue weighted by Gasteiger charge is -2.62. The fourth-order valence-corrected chi connectivity index (χ4v) is 10.9. The summed E-state index contributed by atoms with van der Waals surface area (Å²) >= 11 is 0. The highest BCUT2D eigenvalue weighted by Gasteiger charge is 2.62. The molecule has 9 nitrogen and oxygen atoms in total. The molecule has 4 saturated carbocycles. The molecule has 1 saturated heterocycles. The van der Waals surface area contributed by atoms with Crippen molar-refractivity contribution in [2.45, 2.75) is 154 Å². The number of ether oxygens (including phenoxy) is 2. The molecular formula is C35H59NO8. The Morgan fingerprint density at radius 3 is 2.39 bits per heavy atom. The number of rotatable bonds is 9. The molecular weight excluding hydrogens is 562 g/mol. The SMILES string of the molecule is CCCC(=O)N[C@H]1C(C)O[C@H](COC(=O)CCC(C)C2CCC3C4C(O)CC5C[C@@H](O)CC[C@]5(C)C4CC[C@]23C)[C@@H](O)[C@@H]1O. The number of hydrogen-bond acceptors (Lipinski definition) is 8. The molecule has 5 N–H and O–H groups in total. The van der Waals surface area contributed by atoms with Crippen molar-refractivity contribution in [2.24, 2.45) is 46.3 Å². The van der Waals surface area contributed by atoms with Gasteiger partial charge in [0.2, 0.25) is 5.91 Å². The summed E-state index contributed by atoms with van der Waals surface area (Å²) in [5.41, 5.74) is 0.365. The van der Waals surface area contributed by atoms with E-state index in [4.69, 9.17) is 9.47 Å². The normalized spacial score (nSPS) is 47.6. The molecule has 1 aliphatic heterocycles. The molecule has 44 heavy (non-hydrogen) atoms. The van der Waals surface area contributed by atoms with Crippen molar-refractivity contribution in [3.63, 3.8) is 0 Å². The van der Waals surface area contributed by atoms with Crippen LogP contribution in [0.3, 0.4) is 0 Å². The van der Waals surface area contributed by atoms with Crippen LogP contribution < -0.4 is 5.32 Å². The molecule has 0 aromatic rings. The minimum Gasteiger partial charge on any atom is -0.463 e. The fourth-order valence-electron chi connectivity index (χ4n) is 10.9. The predicted octanol–water partition coefficient (Wildman–Crippen LogP) is 3.73. The van der Waals surface area contributed by atoms with Gasteiger partial charge in [0.1, 0.15) is 24.9 Å². The van der Waals surface area contributed by atoms with Crippen LogP contribution in [0.1, 0.15) is 112 Å². The molecule has 1 heterocycles. The highest BCUT2D eigenvalue weighted by molar-refractivity contribution is 5.76. The van der Waals surface area contributed by atoms with Gasteiger partial charge in [0.15, 0.2) is 0 Å². The number of esters is 1. The first kappa shape index (κ1) is 34.1. The zero-order valence-corrected chi connectivity index (χ0v) is 27.6. The maximum atomic E-state index is 12.8. The number of aliphatic hydroxyl groups excluding tert-OH is 4. The molecule has 8 unspecified atom stereocenters. The van der Waals surface area contributed by atoms with Gasteiger partial charge in [0, 0.05) is 12.8 Å². The van der Waals surface area contributed by atoms with E-state index in [0.29, 0.717) is 48.3 Å². The largest absolute Gasteiger partial charge is 0.463 e. The van der Waals surface area contributed by atoms with E-state index in [2.05, 4.69) is 26.1 Å². The van der Waals surface area contributed by atoms with Crippen molar-refractivity contribution in [2.75, 3.05) is 6.61 Å². The van der Waals surface area contributed by atoms with Crippen LogP contribution in [0.2, 0.25) is 0 Å². The zero-order valence-electron chi connectivity index (χ0n) is 27.6. The summed E-state index contributed by atoms with van der Waals surface area (Å²) in [5, 5.41) is 45.9. The van der Waals surface area contributed by atoms with Crippen LogP contribution in [0.15, 0.2) is 0 Å². The quantitative estimate of drug-likeness (QED) is 0.245. The number of nitrogens with one attached hydrogen (secondary N) is 1. The van der Waals surface area contributed by atoms with Gasteiger partial charge in [-0.1, -0.05) is 27.7 Å². The third kappa shape index (κ3) is 6.34. The van der Waals surface area contributed by atoms with Gasteiger partial charge in [-0.2, -0.15) is 0 Å². The topological polar surface area (TPSA) is 146 Å². The standard InChI is InChI=1S/C35H59NO8/c1-6-7-28(39)36-31-20(3)44-27(32(41)33(31)42)18-43-29(40)11-8-19(2)23-9-10-24-30-25(13-15-35(23,24)5)34(4)14-12-22(37)16-21(34)17-26(30)38/h19-27,30-33,37-38,41-42H,6-18H2,1-5H3,(H,36,39)/t19?,20?,21?,22-,23?,24?,25?,26?,27+,30?,31-,32+,33+,34-,35+/m0/s1. The minimum absolute atomic E-state index is 0.146. The highest BCUT2D eigenvalue weighted by atomic mass is 16.6. The van der Waals surface area contributed by atoms with Crippen LogP contribution in [0, 0.1) is 46.3 Å². The third-order valence-electron chi connectivity index (χ3n) is 13.4. The van der Waals surface area contributed by atoms with E-state index < -0.39 is 30.5 Å². The van der Waals surface area contributed by atoms with E-state index in [1.165, 1.54) is 0 Å². The third-order valence-corrected chi connectivity index (χ3v) is 13.4. The molecule has 5 fully saturated rings. The van der Waals surface area contributed by atoms with Crippen molar-refractivity contribution in [3.05, 3.63) is 0 Å². The Hall–Kier alpha value is -1.26. The van der Waals surface area contributed by atoms with E-state index in [1.807, 2.05) is 6.92 Å². The summed E-state index contributed by atoms with van der Waals surface area (Å²) in [4.78, 5) is 24.8. The van der Waals surface area contributed by atoms with Crippen LogP contribution in [0.5, 0.6) is 0 Å². The van der Waals surface area contributed by atoms with Gasteiger partial charge in [-0.15, -0.1) is 0 Å². The van der Waals surface area contributed by atoms with E-state index in [-0.39, 0.29) is 47.9 Å². The zero-order chi connectivity index (χ0) is 32.0. The van der Waals surface area contributed by atoms with Gasteiger partial charge in [-0.05, 0) is 117 Å². The summed E-state index contributed by atoms with van der Waals surface area (Å²) in [6.07, 6.45) is 5.77. The number of aliphatic hydroxyl groups is 4. The molecule has 0 spiro atoms. The Morgan fingerprint density at radius 1 is 0.955 bits per heavy atom. The molecule has 0 radical (unpaired) electrons. The lowest BCUT2D eigenvalue weighted by atomic mass is 9.43. The lowest BCUT2D eigenvalue weighted by molar-refractivity contribution is -0.198. The van der Waals surface area contributed by atoms with E-state index in [1.54, 1.807) is 6.92 Å². The van der Waals surface area contributed by atoms with Gasteiger partial charge in [-0.25, -0.2) is 0 Å². The van der Waals surface area contributed by atoms with Crippen molar-refractivity contribution >= 4 is 11.9 Å². The minimum atomic E-state index is -1.28. The summed E-state index contributed by atoms with van der Waals surface area (Å²) in [6, 6.07) is -0.724. The smallest absolute Gasteiger partial charge is 0.305 e. The number of hydrogen-bond donors (Lipinski definition) is 5. The summed E-state index contributed by atoms with van der Waals surface area (Å²) < 4.78 is 11.4. The predicted molar refractivity (Wildman–Crippen MR) is 165 cm³/mol. The second-order valence-corrected chi connectivity index (χ2v) is 15.9. The van der Waals surface area contributed by atoms with Gasteiger partial charge in [-0.3, -0.25) is 9.59 Å². The second-order valence-electron chi connectivity index (χ2n) is 15.9. The van der Waals surface area contributed by atoms with Crippen LogP contribution >= 0.6 is 0 Å². The average molecular weight is 622 g/mol. The van der Waals surface area contributed by atoms with Crippen LogP contribution in [0.25, 0.3) is 0 Å². The van der Waals surface area contributed by atoms with E-state index in [9.17, 15) is 30.0 Å². The fraction of sp³-hybridized carbons (Fsp3) is 0.943. The van der Waals surface area contributed by atoms with Crippen molar-refractivity contribution in [1.29, 1.82) is 0 Å². The molecule has 0 bridgehead atoms. The van der Waals surface area contributed by atoms with Crippen LogP contribution in [0.4, 0.5) is 0 Å². The molecule has 0 aromatic heterocycles. The molecule has 5 aliphatic rings. The second kappa shape index (κ2) is 13.5. The number of fused-ring (bicyclic) bond motifs is 5. The highest BCUT2D eigenvalue weighted by Crippen LogP contribution is 2.68. The van der Waals surface area contributed by atoms with Gasteiger partial charge < -0.3 is 35.2 Å². The first-order chi connectivity index (χ1) is 20.8. The van der Waals surface area contributed by atoms with E-state index >= 15 is 0 Å². The number of carbonyl (C=O) groups excluding carboxylic acids is 2. The van der Waals surface area contributed by atoms with Crippen LogP contribution in [-0.2, 0) is 19.1 Å². The molecule has 5 rings (SSSR count). The summed E-state index contributed by atoms with van der Waals surface area (Å²) in [5.74, 6) is 2.05. The van der Waals surface area contributed by atoms with Crippen LogP contribution in [-0.4, -0.2) is 81.6 Å². The molecule has 1 amide bonds. The van der Waals surface area contributed by atoms with Gasteiger partial charge >= 0.3 is 5.97 Å². The van der Waals surface area contributed by atoms with Crippen molar-refractivity contribution < 1.29 is 39.5 Å². The first-order valence-corrected chi connectivity index (χ1v) is 17.6. The number of carbonyl (C=O) groups is 2. The Balaban J connectivity index is 1.12.